The number of amides is 1. The maximum atomic E-state index is 12.4. The first-order valence-corrected chi connectivity index (χ1v) is 9.02. The molecule has 0 spiro atoms. The van der Waals surface area contributed by atoms with E-state index >= 15 is 0 Å². The third-order valence-corrected chi connectivity index (χ3v) is 5.01. The Hall–Kier alpha value is -2.35. The van der Waals surface area contributed by atoms with Gasteiger partial charge in [-0.1, -0.05) is 49.0 Å². The minimum absolute atomic E-state index is 0.130. The van der Waals surface area contributed by atoms with Crippen LogP contribution in [0.25, 0.3) is 0 Å². The largest absolute Gasteiger partial charge is 0.355 e. The van der Waals surface area contributed by atoms with Crippen molar-refractivity contribution in [1.29, 1.82) is 0 Å². The maximum absolute atomic E-state index is 12.4. The van der Waals surface area contributed by atoms with E-state index in [1.54, 1.807) is 6.92 Å². The number of thioether (sulfide) groups is 1. The molecule has 0 aliphatic heterocycles. The fourth-order valence-electron chi connectivity index (χ4n) is 2.35. The lowest BCUT2D eigenvalue weighted by molar-refractivity contribution is -0.120. The number of nitrogen functional groups attached to an aromatic ring is 1. The van der Waals surface area contributed by atoms with E-state index in [0.717, 1.165) is 22.9 Å². The number of aryl methyl sites for hydroxylation is 1. The molecule has 0 saturated carbocycles. The van der Waals surface area contributed by atoms with Crippen molar-refractivity contribution in [3.8, 4) is 0 Å². The average Bonchev–Trinajstić information content (AvgIpc) is 2.63. The van der Waals surface area contributed by atoms with Crippen molar-refractivity contribution in [2.75, 3.05) is 12.4 Å². The van der Waals surface area contributed by atoms with Gasteiger partial charge in [0, 0.05) is 12.5 Å². The summed E-state index contributed by atoms with van der Waals surface area (Å²) in [5.74, 6) is 5.83. The third-order valence-electron chi connectivity index (χ3n) is 3.96. The summed E-state index contributed by atoms with van der Waals surface area (Å²) in [5, 5.41) is 10.4. The molecule has 25 heavy (non-hydrogen) atoms. The number of nitrogens with one attached hydrogen (secondary N) is 1. The molecule has 1 heterocycles. The van der Waals surface area contributed by atoms with Gasteiger partial charge in [-0.05, 0) is 25.8 Å². The zero-order valence-electron chi connectivity index (χ0n) is 14.6. The molecule has 134 valence electrons. The van der Waals surface area contributed by atoms with Crippen LogP contribution < -0.4 is 16.7 Å². The summed E-state index contributed by atoms with van der Waals surface area (Å²) in [6, 6.07) is 10.1. The second kappa shape index (κ2) is 8.66. The molecule has 0 unspecified atom stereocenters. The van der Waals surface area contributed by atoms with Crippen LogP contribution in [0, 0.1) is 6.92 Å². The molecule has 1 aromatic carbocycles. The molecule has 3 N–H and O–H groups in total. The molecule has 1 amide bonds. The lowest BCUT2D eigenvalue weighted by Gasteiger charge is -2.18. The Morgan fingerprint density at radius 3 is 2.64 bits per heavy atom. The second-order valence-electron chi connectivity index (χ2n) is 5.76. The van der Waals surface area contributed by atoms with Crippen molar-refractivity contribution < 1.29 is 4.79 Å². The van der Waals surface area contributed by atoms with Crippen molar-refractivity contribution in [2.24, 2.45) is 0 Å². The van der Waals surface area contributed by atoms with Crippen LogP contribution in [0.3, 0.4) is 0 Å². The van der Waals surface area contributed by atoms with Gasteiger partial charge in [0.15, 0.2) is 0 Å². The smallest absolute Gasteiger partial charge is 0.294 e. The highest BCUT2D eigenvalue weighted by Gasteiger charge is 2.19. The zero-order valence-corrected chi connectivity index (χ0v) is 15.4. The summed E-state index contributed by atoms with van der Waals surface area (Å²) in [7, 11) is 0. The minimum atomic E-state index is -0.445. The first-order chi connectivity index (χ1) is 11.9. The van der Waals surface area contributed by atoms with Gasteiger partial charge < -0.3 is 11.2 Å². The Balaban J connectivity index is 1.96. The summed E-state index contributed by atoms with van der Waals surface area (Å²) in [6.07, 6.45) is 0.928. The Morgan fingerprint density at radius 2 is 2.00 bits per heavy atom. The van der Waals surface area contributed by atoms with Crippen LogP contribution in [-0.2, 0) is 4.79 Å². The second-order valence-corrected chi connectivity index (χ2v) is 7.07. The number of aromatic nitrogens is 3. The summed E-state index contributed by atoms with van der Waals surface area (Å²) >= 11 is 1.11. The van der Waals surface area contributed by atoms with Gasteiger partial charge in [-0.2, -0.15) is 4.68 Å². The van der Waals surface area contributed by atoms with Gasteiger partial charge in [0.2, 0.25) is 11.1 Å². The van der Waals surface area contributed by atoms with Gasteiger partial charge in [0.25, 0.3) is 5.56 Å². The van der Waals surface area contributed by atoms with Crippen molar-refractivity contribution >= 4 is 17.7 Å². The average molecular weight is 361 g/mol. The number of hydrogen-bond acceptors (Lipinski definition) is 6. The maximum Gasteiger partial charge on any atom is 0.294 e. The molecule has 1 aromatic heterocycles. The van der Waals surface area contributed by atoms with Gasteiger partial charge in [0.1, 0.15) is 5.69 Å². The number of benzene rings is 1. The van der Waals surface area contributed by atoms with Gasteiger partial charge in [-0.15, -0.1) is 10.2 Å². The fourth-order valence-corrected chi connectivity index (χ4v) is 3.14. The van der Waals surface area contributed by atoms with E-state index in [1.165, 1.54) is 12.5 Å². The monoisotopic (exact) mass is 361 g/mol. The summed E-state index contributed by atoms with van der Waals surface area (Å²) in [6.45, 7) is 5.93. The van der Waals surface area contributed by atoms with E-state index in [-0.39, 0.29) is 22.7 Å². The van der Waals surface area contributed by atoms with Crippen LogP contribution in [0.4, 0.5) is 0 Å². The van der Waals surface area contributed by atoms with Crippen LogP contribution in [0.1, 0.15) is 37.4 Å². The van der Waals surface area contributed by atoms with Gasteiger partial charge >= 0.3 is 0 Å². The molecule has 0 fully saturated rings. The van der Waals surface area contributed by atoms with E-state index in [2.05, 4.69) is 34.6 Å². The van der Waals surface area contributed by atoms with E-state index < -0.39 is 10.8 Å². The molecule has 0 radical (unpaired) electrons. The summed E-state index contributed by atoms with van der Waals surface area (Å²) in [5.41, 5.74) is 1.00. The fraction of sp³-hybridized carbons (Fsp3) is 0.412. The molecule has 0 aliphatic rings. The number of nitrogens with zero attached hydrogens (tertiary/aromatic N) is 3. The van der Waals surface area contributed by atoms with Crippen LogP contribution in [0.15, 0.2) is 40.3 Å². The van der Waals surface area contributed by atoms with Crippen molar-refractivity contribution in [3.05, 3.63) is 51.9 Å². The highest BCUT2D eigenvalue weighted by Crippen LogP contribution is 2.20. The molecule has 0 saturated heterocycles. The first kappa shape index (κ1) is 19.0. The Morgan fingerprint density at radius 1 is 1.32 bits per heavy atom. The van der Waals surface area contributed by atoms with Crippen molar-refractivity contribution in [3.63, 3.8) is 0 Å². The molecular formula is C17H23N5O2S. The van der Waals surface area contributed by atoms with E-state index in [4.69, 9.17) is 5.84 Å². The lowest BCUT2D eigenvalue weighted by atomic mass is 9.96. The zero-order chi connectivity index (χ0) is 18.4. The quantitative estimate of drug-likeness (QED) is 0.571. The van der Waals surface area contributed by atoms with Crippen molar-refractivity contribution in [2.45, 2.75) is 43.5 Å². The predicted octanol–water partition coefficient (Wildman–Crippen LogP) is 1.45. The van der Waals surface area contributed by atoms with E-state index in [1.807, 2.05) is 18.2 Å². The number of carbonyl (C=O) groups is 1. The molecule has 7 nitrogen and oxygen atoms in total. The standard InChI is InChI=1S/C17H23N5O2S/c1-4-13(14-8-6-5-7-9-14)10-19-15(23)12(3)25-17-21-20-11(2)16(24)22(17)18/h5-9,12-13H,4,10,18H2,1-3H3,(H,19,23)/t12-,13-/m0/s1. The SMILES string of the molecule is CC[C@@H](CNC(=O)[C@H](C)Sc1nnc(C)c(=O)n1N)c1ccccc1. The highest BCUT2D eigenvalue weighted by atomic mass is 32.2. The number of nitrogens with two attached hydrogens (primary N) is 1. The summed E-state index contributed by atoms with van der Waals surface area (Å²) in [4.78, 5) is 24.1. The van der Waals surface area contributed by atoms with Gasteiger partial charge in [-0.3, -0.25) is 9.59 Å². The molecule has 2 atom stereocenters. The molecule has 0 bridgehead atoms. The van der Waals surface area contributed by atoms with Crippen molar-refractivity contribution in [1.82, 2.24) is 20.2 Å². The number of hydrogen-bond donors (Lipinski definition) is 2. The Labute approximate surface area is 151 Å². The number of carbonyl (C=O) groups excluding carboxylic acids is 1. The van der Waals surface area contributed by atoms with E-state index in [0.29, 0.717) is 6.54 Å². The lowest BCUT2D eigenvalue weighted by Crippen LogP contribution is -2.36. The topological polar surface area (TPSA) is 103 Å². The Bertz CT molecular complexity index is 778. The van der Waals surface area contributed by atoms with Crippen LogP contribution in [0.2, 0.25) is 0 Å². The predicted molar refractivity (Wildman–Crippen MR) is 99.0 cm³/mol. The van der Waals surface area contributed by atoms with Crippen LogP contribution >= 0.6 is 11.8 Å². The Kier molecular flexibility index (Phi) is 6.58. The minimum Gasteiger partial charge on any atom is -0.355 e. The summed E-state index contributed by atoms with van der Waals surface area (Å²) < 4.78 is 0.926. The first-order valence-electron chi connectivity index (χ1n) is 8.14. The van der Waals surface area contributed by atoms with Crippen LogP contribution in [-0.4, -0.2) is 32.6 Å². The molecule has 8 heteroatoms. The number of rotatable bonds is 7. The van der Waals surface area contributed by atoms with Gasteiger partial charge in [0.05, 0.1) is 5.25 Å². The molecule has 2 rings (SSSR count). The molecular weight excluding hydrogens is 338 g/mol. The third kappa shape index (κ3) is 4.82. The normalized spacial score (nSPS) is 13.2. The molecule has 2 aromatic rings. The van der Waals surface area contributed by atoms with Crippen LogP contribution in [0.5, 0.6) is 0 Å². The van der Waals surface area contributed by atoms with Gasteiger partial charge in [-0.25, -0.2) is 0 Å². The highest BCUT2D eigenvalue weighted by molar-refractivity contribution is 8.00. The molecule has 0 aliphatic carbocycles. The van der Waals surface area contributed by atoms with E-state index in [9.17, 15) is 9.59 Å².